The molecule has 84 valence electrons. The van der Waals surface area contributed by atoms with Crippen LogP contribution in [0.5, 0.6) is 5.75 Å². The fourth-order valence-electron chi connectivity index (χ4n) is 1.51. The molecule has 0 aliphatic heterocycles. The average molecular weight is 224 g/mol. The van der Waals surface area contributed by atoms with Crippen molar-refractivity contribution in [3.05, 3.63) is 71.8 Å². The first-order chi connectivity index (χ1) is 8.27. The quantitative estimate of drug-likeness (QED) is 0.641. The monoisotopic (exact) mass is 224 g/mol. The first kappa shape index (κ1) is 11.1. The van der Waals surface area contributed by atoms with E-state index in [-0.39, 0.29) is 11.5 Å². The third kappa shape index (κ3) is 2.82. The lowest BCUT2D eigenvalue weighted by molar-refractivity contribution is 0.104. The van der Waals surface area contributed by atoms with Gasteiger partial charge in [-0.2, -0.15) is 0 Å². The highest BCUT2D eigenvalue weighted by Crippen LogP contribution is 2.16. The number of phenolic OH excluding ortho intramolecular Hbond substituents is 1. The summed E-state index contributed by atoms with van der Waals surface area (Å²) in [6.45, 7) is 0. The van der Waals surface area contributed by atoms with Crippen molar-refractivity contribution in [1.29, 1.82) is 0 Å². The Morgan fingerprint density at radius 2 is 1.59 bits per heavy atom. The Balaban J connectivity index is 2.18. The lowest BCUT2D eigenvalue weighted by Crippen LogP contribution is -1.93. The van der Waals surface area contributed by atoms with Crippen molar-refractivity contribution < 1.29 is 9.90 Å². The van der Waals surface area contributed by atoms with Gasteiger partial charge in [-0.1, -0.05) is 48.5 Å². The first-order valence-electron chi connectivity index (χ1n) is 5.33. The second-order valence-corrected chi connectivity index (χ2v) is 3.63. The third-order valence-corrected chi connectivity index (χ3v) is 2.40. The van der Waals surface area contributed by atoms with E-state index < -0.39 is 0 Å². The Labute approximate surface area is 99.8 Å². The van der Waals surface area contributed by atoms with Gasteiger partial charge in [0.05, 0.1) is 5.56 Å². The van der Waals surface area contributed by atoms with Gasteiger partial charge in [0.1, 0.15) is 5.75 Å². The van der Waals surface area contributed by atoms with E-state index in [2.05, 4.69) is 0 Å². The number of benzene rings is 2. The van der Waals surface area contributed by atoms with E-state index in [0.717, 1.165) is 5.56 Å². The number of carbonyl (C=O) groups is 1. The van der Waals surface area contributed by atoms with Gasteiger partial charge in [-0.3, -0.25) is 4.79 Å². The third-order valence-electron chi connectivity index (χ3n) is 2.40. The maximum atomic E-state index is 11.8. The molecular weight excluding hydrogens is 212 g/mol. The standard InChI is InChI=1S/C15H12O2/c16-14-9-5-4-8-13(14)15(17)11-10-12-6-2-1-3-7-12/h1-11,16H/b11-10+. The lowest BCUT2D eigenvalue weighted by Gasteiger charge is -1.98. The highest BCUT2D eigenvalue weighted by atomic mass is 16.3. The number of allylic oxidation sites excluding steroid dienone is 1. The molecule has 0 saturated carbocycles. The van der Waals surface area contributed by atoms with Crippen LogP contribution in [0, 0.1) is 0 Å². The van der Waals surface area contributed by atoms with Crippen LogP contribution >= 0.6 is 0 Å². The molecule has 2 aromatic carbocycles. The van der Waals surface area contributed by atoms with Gasteiger partial charge in [0.2, 0.25) is 0 Å². The van der Waals surface area contributed by atoms with Crippen LogP contribution in [-0.2, 0) is 0 Å². The molecule has 2 rings (SSSR count). The zero-order valence-corrected chi connectivity index (χ0v) is 9.21. The molecule has 0 fully saturated rings. The zero-order valence-electron chi connectivity index (χ0n) is 9.21. The normalized spacial score (nSPS) is 10.6. The molecule has 2 heteroatoms. The molecule has 1 N–H and O–H groups in total. The molecule has 0 aliphatic carbocycles. The van der Waals surface area contributed by atoms with Gasteiger partial charge in [-0.15, -0.1) is 0 Å². The smallest absolute Gasteiger partial charge is 0.189 e. The van der Waals surface area contributed by atoms with Crippen molar-refractivity contribution >= 4 is 11.9 Å². The van der Waals surface area contributed by atoms with Crippen molar-refractivity contribution in [2.75, 3.05) is 0 Å². The fourth-order valence-corrected chi connectivity index (χ4v) is 1.51. The predicted octanol–water partition coefficient (Wildman–Crippen LogP) is 3.29. The van der Waals surface area contributed by atoms with Gasteiger partial charge in [0, 0.05) is 0 Å². The van der Waals surface area contributed by atoms with Gasteiger partial charge >= 0.3 is 0 Å². The largest absolute Gasteiger partial charge is 0.507 e. The summed E-state index contributed by atoms with van der Waals surface area (Å²) in [6, 6.07) is 16.1. The number of hydrogen-bond acceptors (Lipinski definition) is 2. The van der Waals surface area contributed by atoms with Gasteiger partial charge < -0.3 is 5.11 Å². The van der Waals surface area contributed by atoms with Crippen molar-refractivity contribution in [3.63, 3.8) is 0 Å². The number of carbonyl (C=O) groups excluding carboxylic acids is 1. The van der Waals surface area contributed by atoms with Gasteiger partial charge in [0.25, 0.3) is 0 Å². The van der Waals surface area contributed by atoms with E-state index >= 15 is 0 Å². The summed E-state index contributed by atoms with van der Waals surface area (Å²) in [5.74, 6) is -0.192. The van der Waals surface area contributed by atoms with E-state index in [9.17, 15) is 9.90 Å². The van der Waals surface area contributed by atoms with Gasteiger partial charge in [0.15, 0.2) is 5.78 Å². The van der Waals surface area contributed by atoms with E-state index in [0.29, 0.717) is 5.56 Å². The molecule has 0 aliphatic rings. The summed E-state index contributed by atoms with van der Waals surface area (Å²) in [7, 11) is 0. The summed E-state index contributed by atoms with van der Waals surface area (Å²) in [5, 5.41) is 9.52. The number of ketones is 1. The fraction of sp³-hybridized carbons (Fsp3) is 0. The molecule has 0 saturated heterocycles. The predicted molar refractivity (Wildman–Crippen MR) is 67.9 cm³/mol. The van der Waals surface area contributed by atoms with E-state index in [1.165, 1.54) is 12.1 Å². The van der Waals surface area contributed by atoms with Crippen molar-refractivity contribution in [2.45, 2.75) is 0 Å². The molecule has 0 bridgehead atoms. The Morgan fingerprint density at radius 1 is 0.941 bits per heavy atom. The minimum atomic E-state index is -0.202. The van der Waals surface area contributed by atoms with Crippen LogP contribution in [0.2, 0.25) is 0 Å². The lowest BCUT2D eigenvalue weighted by atomic mass is 10.1. The molecular formula is C15H12O2. The van der Waals surface area contributed by atoms with E-state index in [4.69, 9.17) is 0 Å². The summed E-state index contributed by atoms with van der Waals surface area (Å²) >= 11 is 0. The maximum absolute atomic E-state index is 11.8. The summed E-state index contributed by atoms with van der Waals surface area (Å²) in [6.07, 6.45) is 3.19. The SMILES string of the molecule is O=C(/C=C/c1ccccc1)c1ccccc1O. The number of para-hydroxylation sites is 1. The second kappa shape index (κ2) is 5.12. The Hall–Kier alpha value is -2.35. The summed E-state index contributed by atoms with van der Waals surface area (Å²) in [4.78, 5) is 11.8. The summed E-state index contributed by atoms with van der Waals surface area (Å²) in [5.41, 5.74) is 1.27. The van der Waals surface area contributed by atoms with Crippen LogP contribution in [0.4, 0.5) is 0 Å². The number of phenols is 1. The molecule has 0 amide bonds. The van der Waals surface area contributed by atoms with Crippen LogP contribution in [0.25, 0.3) is 6.08 Å². The minimum absolute atomic E-state index is 0.00946. The molecule has 17 heavy (non-hydrogen) atoms. The first-order valence-corrected chi connectivity index (χ1v) is 5.33. The van der Waals surface area contributed by atoms with Crippen LogP contribution in [0.15, 0.2) is 60.7 Å². The minimum Gasteiger partial charge on any atom is -0.507 e. The molecule has 0 atom stereocenters. The summed E-state index contributed by atoms with van der Waals surface area (Å²) < 4.78 is 0. The number of hydrogen-bond donors (Lipinski definition) is 1. The highest BCUT2D eigenvalue weighted by Gasteiger charge is 2.05. The molecule has 0 unspecified atom stereocenters. The van der Waals surface area contributed by atoms with E-state index in [1.807, 2.05) is 30.3 Å². The van der Waals surface area contributed by atoms with Crippen molar-refractivity contribution in [1.82, 2.24) is 0 Å². The van der Waals surface area contributed by atoms with Crippen LogP contribution in [0.3, 0.4) is 0 Å². The van der Waals surface area contributed by atoms with Gasteiger partial charge in [-0.25, -0.2) is 0 Å². The maximum Gasteiger partial charge on any atom is 0.189 e. The average Bonchev–Trinajstić information content (AvgIpc) is 2.38. The topological polar surface area (TPSA) is 37.3 Å². The molecule has 0 radical (unpaired) electrons. The molecule has 2 nitrogen and oxygen atoms in total. The number of aromatic hydroxyl groups is 1. The highest BCUT2D eigenvalue weighted by molar-refractivity contribution is 6.08. The van der Waals surface area contributed by atoms with Crippen molar-refractivity contribution in [2.24, 2.45) is 0 Å². The Morgan fingerprint density at radius 3 is 2.29 bits per heavy atom. The van der Waals surface area contributed by atoms with Gasteiger partial charge in [-0.05, 0) is 23.8 Å². The van der Waals surface area contributed by atoms with Crippen LogP contribution in [-0.4, -0.2) is 10.9 Å². The Bertz CT molecular complexity index is 542. The zero-order chi connectivity index (χ0) is 12.1. The molecule has 2 aromatic rings. The molecule has 0 heterocycles. The van der Waals surface area contributed by atoms with Crippen LogP contribution < -0.4 is 0 Å². The van der Waals surface area contributed by atoms with E-state index in [1.54, 1.807) is 24.3 Å². The second-order valence-electron chi connectivity index (χ2n) is 3.63. The van der Waals surface area contributed by atoms with Crippen LogP contribution in [0.1, 0.15) is 15.9 Å². The van der Waals surface area contributed by atoms with Crippen molar-refractivity contribution in [3.8, 4) is 5.75 Å². The molecule has 0 aromatic heterocycles. The number of rotatable bonds is 3. The Kier molecular flexibility index (Phi) is 3.36. The molecule has 0 spiro atoms.